The molecule has 1 aliphatic rings. The van der Waals surface area contributed by atoms with Gasteiger partial charge in [0.1, 0.15) is 0 Å². The van der Waals surface area contributed by atoms with E-state index < -0.39 is 16.1 Å². The molecule has 1 aromatic heterocycles. The van der Waals surface area contributed by atoms with Crippen LogP contribution in [0.5, 0.6) is 0 Å². The summed E-state index contributed by atoms with van der Waals surface area (Å²) in [5.41, 5.74) is 3.73. The highest BCUT2D eigenvalue weighted by molar-refractivity contribution is 7.88. The third-order valence-corrected chi connectivity index (χ3v) is 5.55. The molecule has 6 nitrogen and oxygen atoms in total. The summed E-state index contributed by atoms with van der Waals surface area (Å²) < 4.78 is 25.9. The Kier molecular flexibility index (Phi) is 4.13. The zero-order valence-corrected chi connectivity index (χ0v) is 15.4. The zero-order valence-electron chi connectivity index (χ0n) is 13.9. The first-order valence-corrected chi connectivity index (χ1v) is 10.2. The monoisotopic (exact) mass is 386 g/mol. The van der Waals surface area contributed by atoms with Crippen molar-refractivity contribution in [3.05, 3.63) is 71.0 Å². The number of sulfonamides is 1. The first kappa shape index (κ1) is 16.9. The molecule has 0 saturated carbocycles. The van der Waals surface area contributed by atoms with Crippen molar-refractivity contribution in [2.24, 2.45) is 5.10 Å². The minimum absolute atomic E-state index is 0.449. The lowest BCUT2D eigenvalue weighted by Gasteiger charge is -2.22. The van der Waals surface area contributed by atoms with E-state index in [4.69, 9.17) is 11.6 Å². The largest absolute Gasteiger partial charge is 0.253 e. The van der Waals surface area contributed by atoms with Gasteiger partial charge < -0.3 is 0 Å². The van der Waals surface area contributed by atoms with Crippen LogP contribution in [-0.2, 0) is 10.0 Å². The summed E-state index contributed by atoms with van der Waals surface area (Å²) in [7, 11) is -3.55. The molecular formula is C18H15ClN4O2S. The topological polar surface area (TPSA) is 75.5 Å². The Labute approximate surface area is 156 Å². The van der Waals surface area contributed by atoms with E-state index in [1.165, 1.54) is 4.41 Å². The van der Waals surface area contributed by atoms with Crippen molar-refractivity contribution in [3.8, 4) is 0 Å². The van der Waals surface area contributed by atoms with Gasteiger partial charge in [-0.05, 0) is 23.8 Å². The van der Waals surface area contributed by atoms with E-state index in [0.29, 0.717) is 22.7 Å². The standard InChI is InChI=1S/C18H15ClN4O2S/c1-26(24,25)23-17(11-16(22-23)12-5-7-13(19)8-6-12)14-3-2-4-15-18(14)21-10-9-20-15/h2-10,17H,11H2,1H3. The molecule has 4 rings (SSSR count). The van der Waals surface area contributed by atoms with Crippen molar-refractivity contribution in [1.82, 2.24) is 14.4 Å². The second-order valence-electron chi connectivity index (χ2n) is 6.08. The highest BCUT2D eigenvalue weighted by atomic mass is 35.5. The number of fused-ring (bicyclic) bond motifs is 1. The zero-order chi connectivity index (χ0) is 18.3. The highest BCUT2D eigenvalue weighted by Crippen LogP contribution is 2.37. The first-order valence-electron chi connectivity index (χ1n) is 7.96. The number of rotatable bonds is 3. The molecule has 0 bridgehead atoms. The van der Waals surface area contributed by atoms with Gasteiger partial charge in [-0.15, -0.1) is 0 Å². The molecule has 2 heterocycles. The summed E-state index contributed by atoms with van der Waals surface area (Å²) in [5, 5.41) is 5.01. The lowest BCUT2D eigenvalue weighted by atomic mass is 9.98. The first-order chi connectivity index (χ1) is 12.4. The Morgan fingerprint density at radius 2 is 1.81 bits per heavy atom. The SMILES string of the molecule is CS(=O)(=O)N1N=C(c2ccc(Cl)cc2)CC1c1cccc2nccnc12. The fourth-order valence-electron chi connectivity index (χ4n) is 3.13. The molecule has 3 aromatic rings. The molecule has 1 aliphatic heterocycles. The third-order valence-electron chi connectivity index (χ3n) is 4.28. The minimum Gasteiger partial charge on any atom is -0.253 e. The van der Waals surface area contributed by atoms with Crippen LogP contribution in [0.4, 0.5) is 0 Å². The van der Waals surface area contributed by atoms with E-state index in [0.717, 1.165) is 22.9 Å². The lowest BCUT2D eigenvalue weighted by molar-refractivity contribution is 0.376. The third kappa shape index (κ3) is 3.04. The average molecular weight is 387 g/mol. The van der Waals surface area contributed by atoms with Crippen LogP contribution in [0.15, 0.2) is 60.0 Å². The maximum Gasteiger partial charge on any atom is 0.247 e. The molecular weight excluding hydrogens is 372 g/mol. The van der Waals surface area contributed by atoms with Crippen molar-refractivity contribution in [1.29, 1.82) is 0 Å². The molecule has 1 unspecified atom stereocenters. The van der Waals surface area contributed by atoms with Crippen LogP contribution in [0, 0.1) is 0 Å². The van der Waals surface area contributed by atoms with Crippen LogP contribution in [0.2, 0.25) is 5.02 Å². The van der Waals surface area contributed by atoms with Gasteiger partial charge in [0.25, 0.3) is 0 Å². The second kappa shape index (κ2) is 6.34. The van der Waals surface area contributed by atoms with Gasteiger partial charge >= 0.3 is 0 Å². The molecule has 132 valence electrons. The van der Waals surface area contributed by atoms with E-state index >= 15 is 0 Å². The number of aromatic nitrogens is 2. The molecule has 1 atom stereocenters. The quantitative estimate of drug-likeness (QED) is 0.691. The van der Waals surface area contributed by atoms with Crippen LogP contribution in [0.25, 0.3) is 11.0 Å². The summed E-state index contributed by atoms with van der Waals surface area (Å²) in [6.07, 6.45) is 4.83. The van der Waals surface area contributed by atoms with E-state index in [2.05, 4.69) is 15.1 Å². The molecule has 8 heteroatoms. The molecule has 0 saturated heterocycles. The van der Waals surface area contributed by atoms with E-state index in [-0.39, 0.29) is 0 Å². The summed E-state index contributed by atoms with van der Waals surface area (Å²) >= 11 is 5.95. The molecule has 0 radical (unpaired) electrons. The van der Waals surface area contributed by atoms with Gasteiger partial charge in [-0.2, -0.15) is 9.52 Å². The number of hydrogen-bond donors (Lipinski definition) is 0. The lowest BCUT2D eigenvalue weighted by Crippen LogP contribution is -2.26. The van der Waals surface area contributed by atoms with Crippen molar-refractivity contribution >= 4 is 38.4 Å². The van der Waals surface area contributed by atoms with Crippen LogP contribution in [0.1, 0.15) is 23.6 Å². The summed E-state index contributed by atoms with van der Waals surface area (Å²) in [6.45, 7) is 0. The Hall–Kier alpha value is -2.51. The number of hydrazone groups is 1. The number of para-hydroxylation sites is 1. The van der Waals surface area contributed by atoms with E-state index in [9.17, 15) is 8.42 Å². The maximum atomic E-state index is 12.3. The molecule has 0 fully saturated rings. The van der Waals surface area contributed by atoms with E-state index in [1.807, 2.05) is 30.3 Å². The Balaban J connectivity index is 1.82. The molecule has 2 aromatic carbocycles. The number of benzene rings is 2. The summed E-state index contributed by atoms with van der Waals surface area (Å²) in [4.78, 5) is 8.70. The van der Waals surface area contributed by atoms with Gasteiger partial charge in [0.15, 0.2) is 0 Å². The molecule has 26 heavy (non-hydrogen) atoms. The van der Waals surface area contributed by atoms with Gasteiger partial charge in [0.05, 0.1) is 29.0 Å². The van der Waals surface area contributed by atoms with Gasteiger partial charge in [0, 0.05) is 29.4 Å². The minimum atomic E-state index is -3.55. The normalized spacial score (nSPS) is 17.5. The average Bonchev–Trinajstić information content (AvgIpc) is 3.07. The Morgan fingerprint density at radius 1 is 1.08 bits per heavy atom. The van der Waals surface area contributed by atoms with Crippen LogP contribution in [0.3, 0.4) is 0 Å². The van der Waals surface area contributed by atoms with Crippen LogP contribution in [-0.4, -0.2) is 34.8 Å². The maximum absolute atomic E-state index is 12.3. The highest BCUT2D eigenvalue weighted by Gasteiger charge is 2.35. The smallest absolute Gasteiger partial charge is 0.247 e. The Morgan fingerprint density at radius 3 is 2.54 bits per heavy atom. The van der Waals surface area contributed by atoms with Crippen molar-refractivity contribution in [2.45, 2.75) is 12.5 Å². The molecule has 0 spiro atoms. The van der Waals surface area contributed by atoms with Gasteiger partial charge in [-0.1, -0.05) is 35.9 Å². The van der Waals surface area contributed by atoms with Crippen LogP contribution >= 0.6 is 11.6 Å². The summed E-state index contributed by atoms with van der Waals surface area (Å²) in [5.74, 6) is 0. The van der Waals surface area contributed by atoms with Crippen molar-refractivity contribution < 1.29 is 8.42 Å². The molecule has 0 N–H and O–H groups in total. The van der Waals surface area contributed by atoms with Gasteiger partial charge in [0.2, 0.25) is 10.0 Å². The number of hydrogen-bond acceptors (Lipinski definition) is 5. The van der Waals surface area contributed by atoms with Gasteiger partial charge in [-0.3, -0.25) is 9.97 Å². The summed E-state index contributed by atoms with van der Waals surface area (Å²) in [6, 6.07) is 12.3. The van der Waals surface area contributed by atoms with Crippen molar-refractivity contribution in [3.63, 3.8) is 0 Å². The van der Waals surface area contributed by atoms with Crippen LogP contribution < -0.4 is 0 Å². The van der Waals surface area contributed by atoms with Gasteiger partial charge in [-0.25, -0.2) is 8.42 Å². The molecule has 0 aliphatic carbocycles. The Bertz CT molecular complexity index is 1110. The predicted molar refractivity (Wildman–Crippen MR) is 102 cm³/mol. The van der Waals surface area contributed by atoms with E-state index in [1.54, 1.807) is 24.5 Å². The van der Waals surface area contributed by atoms with Crippen molar-refractivity contribution in [2.75, 3.05) is 6.26 Å². The number of halogens is 1. The predicted octanol–water partition coefficient (Wildman–Crippen LogP) is 3.39. The number of nitrogens with zero attached hydrogens (tertiary/aromatic N) is 4. The second-order valence-corrected chi connectivity index (χ2v) is 8.36. The fourth-order valence-corrected chi connectivity index (χ4v) is 4.15. The molecule has 0 amide bonds. The fraction of sp³-hybridized carbons (Fsp3) is 0.167.